The summed E-state index contributed by atoms with van der Waals surface area (Å²) in [5.74, 6) is 0. The minimum atomic E-state index is 0. The Morgan fingerprint density at radius 1 is 0.815 bits per heavy atom. The maximum atomic E-state index is 3.00. The molecule has 0 fully saturated rings. The molecule has 0 N–H and O–H groups in total. The van der Waals surface area contributed by atoms with Gasteiger partial charge in [-0.3, -0.25) is 0 Å². The van der Waals surface area contributed by atoms with Crippen molar-refractivity contribution in [1.29, 1.82) is 0 Å². The normalized spacial score (nSPS) is 8.63. The zero-order valence-corrected chi connectivity index (χ0v) is 21.6. The number of halogens is 2. The quantitative estimate of drug-likeness (QED) is 0.176. The fraction of sp³-hybridized carbons (Fsp3) is 0.333. The first-order valence-electron chi connectivity index (χ1n) is 9.21. The largest absolute Gasteiger partial charge is 4.00 e. The van der Waals surface area contributed by atoms with E-state index in [9.17, 15) is 0 Å². The van der Waals surface area contributed by atoms with Crippen LogP contribution in [0.1, 0.15) is 51.0 Å². The van der Waals surface area contributed by atoms with E-state index in [1.165, 1.54) is 61.3 Å². The van der Waals surface area contributed by atoms with Crippen LogP contribution in [0.4, 0.5) is 0 Å². The molecule has 0 saturated heterocycles. The molecule has 0 atom stereocenters. The monoisotopic (exact) mass is 570 g/mol. The van der Waals surface area contributed by atoms with Gasteiger partial charge in [-0.25, -0.2) is 12.1 Å². The molecule has 0 aliphatic heterocycles. The average molecular weight is 570 g/mol. The van der Waals surface area contributed by atoms with Gasteiger partial charge in [0, 0.05) is 0 Å². The molecule has 27 heavy (non-hydrogen) atoms. The Bertz CT molecular complexity index is 598. The molecule has 0 aliphatic rings. The Labute approximate surface area is 197 Å². The summed E-state index contributed by atoms with van der Waals surface area (Å²) in [6.45, 7) is 8.27. The van der Waals surface area contributed by atoms with E-state index in [4.69, 9.17) is 0 Å². The number of hydrogen-bond acceptors (Lipinski definition) is 0. The molecule has 0 amide bonds. The van der Waals surface area contributed by atoms with Gasteiger partial charge in [0.15, 0.2) is 0 Å². The van der Waals surface area contributed by atoms with Crippen molar-refractivity contribution in [3.8, 4) is 0 Å². The van der Waals surface area contributed by atoms with E-state index in [0.29, 0.717) is 0 Å². The van der Waals surface area contributed by atoms with Gasteiger partial charge in [0.1, 0.15) is 0 Å². The third kappa shape index (κ3) is 14.1. The molecule has 3 rings (SSSR count). The predicted octanol–water partition coefficient (Wildman–Crippen LogP) is 1.67. The molecule has 0 spiro atoms. The molecule has 0 nitrogen and oxygen atoms in total. The second kappa shape index (κ2) is 21.7. The molecule has 0 bridgehead atoms. The van der Waals surface area contributed by atoms with E-state index in [1.54, 1.807) is 0 Å². The third-order valence-corrected chi connectivity index (χ3v) is 4.10. The van der Waals surface area contributed by atoms with Crippen molar-refractivity contribution in [2.24, 2.45) is 0 Å². The molecule has 0 aliphatic carbocycles. The van der Waals surface area contributed by atoms with Gasteiger partial charge in [-0.2, -0.15) is 35.2 Å². The Morgan fingerprint density at radius 3 is 2.04 bits per heavy atom. The van der Waals surface area contributed by atoms with E-state index in [1.807, 2.05) is 0 Å². The Morgan fingerprint density at radius 2 is 1.41 bits per heavy atom. The summed E-state index contributed by atoms with van der Waals surface area (Å²) < 4.78 is 0. The molecule has 0 aromatic heterocycles. The van der Waals surface area contributed by atoms with Crippen molar-refractivity contribution in [1.82, 2.24) is 0 Å². The molecule has 146 valence electrons. The Balaban J connectivity index is -0.000000366. The second-order valence-electron chi connectivity index (χ2n) is 5.97. The summed E-state index contributed by atoms with van der Waals surface area (Å²) in [5, 5.41) is 2.66. The molecule has 0 unspecified atom stereocenters. The maximum Gasteiger partial charge on any atom is 4.00 e. The second-order valence-corrected chi connectivity index (χ2v) is 5.97. The van der Waals surface area contributed by atoms with Crippen molar-refractivity contribution >= 4 is 10.8 Å². The first kappa shape index (κ1) is 31.1. The van der Waals surface area contributed by atoms with E-state index in [-0.39, 0.29) is 50.7 Å². The first-order valence-corrected chi connectivity index (χ1v) is 9.21. The molecule has 0 saturated carbocycles. The van der Waals surface area contributed by atoms with E-state index < -0.39 is 0 Å². The number of rotatable bonds is 7. The van der Waals surface area contributed by atoms with Crippen molar-refractivity contribution in [3.05, 3.63) is 85.5 Å². The molecule has 3 heteroatoms. The minimum Gasteiger partial charge on any atom is -1.00 e. The third-order valence-electron chi connectivity index (χ3n) is 4.10. The number of aryl methyl sites for hydroxylation is 1. The Hall–Kier alpha value is -0.630. The van der Waals surface area contributed by atoms with Gasteiger partial charge in [-0.05, 0) is 0 Å². The SMILES string of the molecule is C=C.CCCCCCCC[c-]1cccc1.[Cl-].[Cl-].[Hf+4].c1ccc2[cH-]ccc2c1. The van der Waals surface area contributed by atoms with E-state index in [0.717, 1.165) is 0 Å². The number of hydrogen-bond donors (Lipinski definition) is 0. The fourth-order valence-corrected chi connectivity index (χ4v) is 2.76. The fourth-order valence-electron chi connectivity index (χ4n) is 2.76. The summed E-state index contributed by atoms with van der Waals surface area (Å²) in [5.41, 5.74) is 1.51. The van der Waals surface area contributed by atoms with Gasteiger partial charge in [0.05, 0.1) is 0 Å². The number of fused-ring (bicyclic) bond motifs is 1. The van der Waals surface area contributed by atoms with Crippen LogP contribution < -0.4 is 24.8 Å². The van der Waals surface area contributed by atoms with Crippen molar-refractivity contribution in [3.63, 3.8) is 0 Å². The topological polar surface area (TPSA) is 0 Å². The van der Waals surface area contributed by atoms with E-state index in [2.05, 4.69) is 86.8 Å². The molecule has 0 heterocycles. The van der Waals surface area contributed by atoms with Gasteiger partial charge < -0.3 is 24.8 Å². The van der Waals surface area contributed by atoms with Crippen molar-refractivity contribution < 1.29 is 50.7 Å². The van der Waals surface area contributed by atoms with Crippen LogP contribution in [0.5, 0.6) is 0 Å². The molecular formula is C24H32Cl2Hf. The Kier molecular flexibility index (Phi) is 24.9. The van der Waals surface area contributed by atoms with Gasteiger partial charge in [-0.1, -0.05) is 57.9 Å². The van der Waals surface area contributed by atoms with Crippen LogP contribution >= 0.6 is 0 Å². The van der Waals surface area contributed by atoms with Gasteiger partial charge >= 0.3 is 25.8 Å². The average Bonchev–Trinajstić information content (AvgIpc) is 3.31. The van der Waals surface area contributed by atoms with Crippen LogP contribution in [0.15, 0.2) is 79.9 Å². The van der Waals surface area contributed by atoms with Crippen molar-refractivity contribution in [2.45, 2.75) is 51.9 Å². The van der Waals surface area contributed by atoms with Gasteiger partial charge in [0.25, 0.3) is 0 Å². The maximum absolute atomic E-state index is 3.00. The summed E-state index contributed by atoms with van der Waals surface area (Å²) >= 11 is 0. The van der Waals surface area contributed by atoms with Crippen LogP contribution in [-0.4, -0.2) is 0 Å². The molecule has 3 aromatic carbocycles. The zero-order valence-electron chi connectivity index (χ0n) is 16.5. The number of unbranched alkanes of at least 4 members (excludes halogenated alkanes) is 5. The standard InChI is InChI=1S/C13H21.C9H7.C2H4.2ClH.Hf/c1-2-3-4-5-6-7-10-13-11-8-9-12-13;1-2-5-9-7-3-6-8(9)4-1;1-2;;;/h8-9,11-12H,2-7,10H2,1H3;1-7H;1-2H2;2*1H;/q2*-1;;;;+4/p-2. The summed E-state index contributed by atoms with van der Waals surface area (Å²) in [6.07, 6.45) is 9.67. The van der Waals surface area contributed by atoms with Crippen LogP contribution in [-0.2, 0) is 32.3 Å². The summed E-state index contributed by atoms with van der Waals surface area (Å²) in [6, 6.07) is 23.4. The van der Waals surface area contributed by atoms with Crippen LogP contribution in [0, 0.1) is 0 Å². The predicted molar refractivity (Wildman–Crippen MR) is 110 cm³/mol. The minimum absolute atomic E-state index is 0. The van der Waals surface area contributed by atoms with Gasteiger partial charge in [0.2, 0.25) is 0 Å². The van der Waals surface area contributed by atoms with Crippen molar-refractivity contribution in [2.75, 3.05) is 0 Å². The van der Waals surface area contributed by atoms with Crippen LogP contribution in [0.25, 0.3) is 10.8 Å². The smallest absolute Gasteiger partial charge is 1.00 e. The van der Waals surface area contributed by atoms with E-state index >= 15 is 0 Å². The van der Waals surface area contributed by atoms with Crippen LogP contribution in [0.2, 0.25) is 0 Å². The zero-order chi connectivity index (χ0) is 17.5. The van der Waals surface area contributed by atoms with Crippen LogP contribution in [0.3, 0.4) is 0 Å². The molecule has 3 aromatic rings. The molecule has 0 radical (unpaired) electrons. The summed E-state index contributed by atoms with van der Waals surface area (Å²) in [7, 11) is 0. The number of benzene rings is 1. The molecular weight excluding hydrogens is 538 g/mol. The first-order chi connectivity index (χ1) is 11.9. The van der Waals surface area contributed by atoms with Gasteiger partial charge in [-0.15, -0.1) is 42.8 Å². The summed E-state index contributed by atoms with van der Waals surface area (Å²) in [4.78, 5) is 0.